The predicted octanol–water partition coefficient (Wildman–Crippen LogP) is 3.04. The molecule has 0 atom stereocenters. The Morgan fingerprint density at radius 3 is 2.79 bits per heavy atom. The topological polar surface area (TPSA) is 83.0 Å². The molecule has 0 spiro atoms. The van der Waals surface area contributed by atoms with Crippen molar-refractivity contribution in [2.75, 3.05) is 0 Å². The minimum absolute atomic E-state index is 0.0495. The van der Waals surface area contributed by atoms with E-state index in [1.807, 2.05) is 0 Å². The van der Waals surface area contributed by atoms with Crippen molar-refractivity contribution in [2.24, 2.45) is 0 Å². The van der Waals surface area contributed by atoms with E-state index in [0.29, 0.717) is 40.9 Å². The Hall–Kier alpha value is -1.88. The van der Waals surface area contributed by atoms with E-state index in [1.165, 1.54) is 0 Å². The van der Waals surface area contributed by atoms with Gasteiger partial charge in [0.2, 0.25) is 0 Å². The van der Waals surface area contributed by atoms with Gasteiger partial charge in [-0.2, -0.15) is 0 Å². The normalized spacial score (nSPS) is 10.8. The highest BCUT2D eigenvalue weighted by Gasteiger charge is 2.14. The van der Waals surface area contributed by atoms with Crippen molar-refractivity contribution in [3.63, 3.8) is 0 Å². The summed E-state index contributed by atoms with van der Waals surface area (Å²) in [6.45, 7) is 0. The van der Waals surface area contributed by atoms with Crippen LogP contribution in [0.5, 0.6) is 0 Å². The first-order valence-corrected chi connectivity index (χ1v) is 6.34. The van der Waals surface area contributed by atoms with Gasteiger partial charge in [0.05, 0.1) is 5.02 Å². The first kappa shape index (κ1) is 13.5. The number of H-pyrrole nitrogens is 1. The predicted molar refractivity (Wildman–Crippen MR) is 71.5 cm³/mol. The molecule has 19 heavy (non-hydrogen) atoms. The van der Waals surface area contributed by atoms with Gasteiger partial charge in [-0.3, -0.25) is 9.59 Å². The van der Waals surface area contributed by atoms with Crippen LogP contribution < -0.4 is 0 Å². The Kier molecular flexibility index (Phi) is 4.16. The molecule has 0 saturated heterocycles. The van der Waals surface area contributed by atoms with E-state index in [4.69, 9.17) is 16.7 Å². The van der Waals surface area contributed by atoms with E-state index in [-0.39, 0.29) is 12.2 Å². The summed E-state index contributed by atoms with van der Waals surface area (Å²) in [6, 6.07) is 1.64. The standard InChI is InChI=1S/C13H13ClN2O3/c14-9-5-6-15-13-12(9)8(7-16-13)10(17)3-1-2-4-11(18)19/h5-7H,1-4H2,(H,15,16)(H,18,19). The van der Waals surface area contributed by atoms with Gasteiger partial charge < -0.3 is 10.1 Å². The molecule has 6 heteroatoms. The van der Waals surface area contributed by atoms with Gasteiger partial charge in [-0.15, -0.1) is 0 Å². The fraction of sp³-hybridized carbons (Fsp3) is 0.308. The Balaban J connectivity index is 2.07. The summed E-state index contributed by atoms with van der Waals surface area (Å²) in [4.78, 5) is 29.4. The van der Waals surface area contributed by atoms with Gasteiger partial charge in [-0.25, -0.2) is 4.98 Å². The van der Waals surface area contributed by atoms with E-state index in [9.17, 15) is 9.59 Å². The SMILES string of the molecule is O=C(O)CCCCC(=O)c1c[nH]c2nccc(Cl)c12. The third kappa shape index (κ3) is 3.12. The van der Waals surface area contributed by atoms with Crippen molar-refractivity contribution in [1.29, 1.82) is 0 Å². The number of carbonyl (C=O) groups is 2. The van der Waals surface area contributed by atoms with Crippen LogP contribution in [0.2, 0.25) is 5.02 Å². The first-order chi connectivity index (χ1) is 9.09. The maximum absolute atomic E-state index is 12.1. The number of ketones is 1. The van der Waals surface area contributed by atoms with E-state index < -0.39 is 5.97 Å². The zero-order valence-corrected chi connectivity index (χ0v) is 10.9. The molecule has 0 aliphatic heterocycles. The highest BCUT2D eigenvalue weighted by molar-refractivity contribution is 6.36. The van der Waals surface area contributed by atoms with Crippen LogP contribution in [0.1, 0.15) is 36.0 Å². The molecule has 0 bridgehead atoms. The number of aromatic amines is 1. The Morgan fingerprint density at radius 2 is 2.05 bits per heavy atom. The molecule has 2 aromatic rings. The molecular formula is C13H13ClN2O3. The van der Waals surface area contributed by atoms with Gasteiger partial charge in [0, 0.05) is 36.2 Å². The number of aromatic nitrogens is 2. The Morgan fingerprint density at radius 1 is 1.32 bits per heavy atom. The lowest BCUT2D eigenvalue weighted by atomic mass is 10.0. The largest absolute Gasteiger partial charge is 0.481 e. The highest BCUT2D eigenvalue weighted by Crippen LogP contribution is 2.26. The maximum atomic E-state index is 12.1. The minimum Gasteiger partial charge on any atom is -0.481 e. The summed E-state index contributed by atoms with van der Waals surface area (Å²) >= 11 is 6.06. The second kappa shape index (κ2) is 5.84. The van der Waals surface area contributed by atoms with Gasteiger partial charge in [-0.1, -0.05) is 11.6 Å². The molecule has 2 rings (SSSR count). The molecule has 0 aliphatic carbocycles. The quantitative estimate of drug-likeness (QED) is 0.629. The van der Waals surface area contributed by atoms with Crippen LogP contribution in [-0.4, -0.2) is 26.8 Å². The van der Waals surface area contributed by atoms with E-state index in [0.717, 1.165) is 0 Å². The molecule has 0 saturated carbocycles. The lowest BCUT2D eigenvalue weighted by Gasteiger charge is -2.00. The molecule has 2 heterocycles. The number of hydrogen-bond donors (Lipinski definition) is 2. The number of pyridine rings is 1. The summed E-state index contributed by atoms with van der Waals surface area (Å²) in [5.74, 6) is -0.890. The van der Waals surface area contributed by atoms with Crippen LogP contribution in [-0.2, 0) is 4.79 Å². The fourth-order valence-electron chi connectivity index (χ4n) is 1.93. The summed E-state index contributed by atoms with van der Waals surface area (Å²) in [5.41, 5.74) is 1.10. The number of aliphatic carboxylic acids is 1. The zero-order valence-electron chi connectivity index (χ0n) is 10.1. The Bertz CT molecular complexity index is 621. The first-order valence-electron chi connectivity index (χ1n) is 5.96. The third-order valence-corrected chi connectivity index (χ3v) is 3.18. The second-order valence-electron chi connectivity index (χ2n) is 4.24. The van der Waals surface area contributed by atoms with E-state index in [1.54, 1.807) is 18.5 Å². The van der Waals surface area contributed by atoms with Crippen molar-refractivity contribution in [3.8, 4) is 0 Å². The maximum Gasteiger partial charge on any atom is 0.303 e. The van der Waals surface area contributed by atoms with Crippen molar-refractivity contribution in [3.05, 3.63) is 29.0 Å². The van der Waals surface area contributed by atoms with Gasteiger partial charge in [0.25, 0.3) is 0 Å². The van der Waals surface area contributed by atoms with Crippen molar-refractivity contribution in [1.82, 2.24) is 9.97 Å². The number of hydrogen-bond acceptors (Lipinski definition) is 3. The smallest absolute Gasteiger partial charge is 0.303 e. The van der Waals surface area contributed by atoms with Crippen LogP contribution in [0.4, 0.5) is 0 Å². The van der Waals surface area contributed by atoms with Crippen LogP contribution >= 0.6 is 11.6 Å². The molecule has 0 radical (unpaired) electrons. The lowest BCUT2D eigenvalue weighted by Crippen LogP contribution is -2.00. The summed E-state index contributed by atoms with van der Waals surface area (Å²) < 4.78 is 0. The number of nitrogens with one attached hydrogen (secondary N) is 1. The number of carbonyl (C=O) groups excluding carboxylic acids is 1. The number of unbranched alkanes of at least 4 members (excludes halogenated alkanes) is 1. The number of halogens is 1. The van der Waals surface area contributed by atoms with Gasteiger partial charge in [-0.05, 0) is 18.9 Å². The van der Waals surface area contributed by atoms with Crippen LogP contribution in [0.3, 0.4) is 0 Å². The molecule has 0 amide bonds. The van der Waals surface area contributed by atoms with Gasteiger partial charge in [0.15, 0.2) is 5.78 Å². The average molecular weight is 281 g/mol. The fourth-order valence-corrected chi connectivity index (χ4v) is 2.18. The average Bonchev–Trinajstić information content (AvgIpc) is 2.79. The molecule has 0 aliphatic rings. The van der Waals surface area contributed by atoms with E-state index >= 15 is 0 Å². The van der Waals surface area contributed by atoms with E-state index in [2.05, 4.69) is 9.97 Å². The van der Waals surface area contributed by atoms with Crippen molar-refractivity contribution < 1.29 is 14.7 Å². The number of Topliss-reactive ketones (excluding diaryl/α,β-unsaturated/α-hetero) is 1. The Labute approximate surface area is 114 Å². The summed E-state index contributed by atoms with van der Waals surface area (Å²) in [6.07, 6.45) is 4.62. The number of rotatable bonds is 6. The highest BCUT2D eigenvalue weighted by atomic mass is 35.5. The van der Waals surface area contributed by atoms with Crippen LogP contribution in [0.15, 0.2) is 18.5 Å². The molecule has 0 fully saturated rings. The van der Waals surface area contributed by atoms with Crippen LogP contribution in [0, 0.1) is 0 Å². The summed E-state index contributed by atoms with van der Waals surface area (Å²) in [5, 5.41) is 9.64. The zero-order chi connectivity index (χ0) is 13.8. The van der Waals surface area contributed by atoms with Gasteiger partial charge in [0.1, 0.15) is 5.65 Å². The molecule has 2 N–H and O–H groups in total. The number of nitrogens with zero attached hydrogens (tertiary/aromatic N) is 1. The van der Waals surface area contributed by atoms with Crippen molar-refractivity contribution >= 4 is 34.4 Å². The number of carboxylic acid groups (broad SMARTS) is 1. The monoisotopic (exact) mass is 280 g/mol. The third-order valence-electron chi connectivity index (χ3n) is 2.87. The molecule has 0 aromatic carbocycles. The molecule has 5 nitrogen and oxygen atoms in total. The molecule has 100 valence electrons. The number of fused-ring (bicyclic) bond motifs is 1. The lowest BCUT2D eigenvalue weighted by molar-refractivity contribution is -0.137. The number of carboxylic acids is 1. The van der Waals surface area contributed by atoms with Gasteiger partial charge >= 0.3 is 5.97 Å². The minimum atomic E-state index is -0.841. The molecule has 2 aromatic heterocycles. The summed E-state index contributed by atoms with van der Waals surface area (Å²) in [7, 11) is 0. The second-order valence-corrected chi connectivity index (χ2v) is 4.65. The van der Waals surface area contributed by atoms with Crippen LogP contribution in [0.25, 0.3) is 11.0 Å². The molecular weight excluding hydrogens is 268 g/mol. The molecule has 0 unspecified atom stereocenters. The van der Waals surface area contributed by atoms with Crippen molar-refractivity contribution in [2.45, 2.75) is 25.7 Å².